The molecule has 77 heavy (non-hydrogen) atoms. The second-order valence-electron chi connectivity index (χ2n) is 18.5. The number of hydrogen-bond donors (Lipinski definition) is 5. The highest BCUT2D eigenvalue weighted by Gasteiger charge is 2.37. The number of halogens is 2. The van der Waals surface area contributed by atoms with E-state index in [1.54, 1.807) is 91.0 Å². The third-order valence-corrected chi connectivity index (χ3v) is 15.1. The van der Waals surface area contributed by atoms with Gasteiger partial charge in [-0.25, -0.2) is 15.0 Å². The molecule has 3 heterocycles. The molecule has 3 aliphatic carbocycles. The number of nitrogens with zero attached hydrogens (tertiary/aromatic N) is 3. The van der Waals surface area contributed by atoms with Crippen LogP contribution in [0, 0.1) is 0 Å². The largest absolute Gasteiger partial charge is 0.354 e. The first-order valence-corrected chi connectivity index (χ1v) is 25.3. The standard InChI is InChI=1S/C59H28Br2N8O8/c60-24-16-18-37-33(20-24)50(71)35-22-40(43-45(47(35)62-37)55(76)30-12-5-3-10-28(30)53(43)74)65-58-67-57(64-39-15-7-14-32-42(39)52(73)27-9-2-1-8-26(27)49(32)70)68-59(69-58)66-41-23-36-48(63-38-19-17-25(61)21-34(38)51(36)72)46-44(41)54(75)29-11-4-6-13-31(29)56(46)77/h1-23H,(H,62,71)(H,63,72)(H3,64,65,66,67,68,69). The van der Waals surface area contributed by atoms with Gasteiger partial charge in [0.1, 0.15) is 0 Å². The average molecular weight is 1140 g/mol. The molecule has 18 heteroatoms. The number of H-pyrrole nitrogens is 5. The topological polar surface area (TPSA) is 253 Å². The van der Waals surface area contributed by atoms with Gasteiger partial charge in [0, 0.05) is 80.5 Å². The van der Waals surface area contributed by atoms with E-state index >= 15 is 0 Å². The molecule has 0 radical (unpaired) electrons. The predicted molar refractivity (Wildman–Crippen MR) is 291 cm³/mol. The van der Waals surface area contributed by atoms with Crippen molar-refractivity contribution in [3.63, 3.8) is 0 Å². The van der Waals surface area contributed by atoms with Crippen molar-refractivity contribution in [3.8, 4) is 0 Å². The molecular weight excluding hydrogens is 1110 g/mol. The first kappa shape index (κ1) is 45.7. The van der Waals surface area contributed by atoms with Crippen LogP contribution in [0.25, 0.3) is 43.6 Å². The van der Waals surface area contributed by atoms with Gasteiger partial charge in [0.15, 0.2) is 45.6 Å². The molecule has 3 aliphatic rings. The lowest BCUT2D eigenvalue weighted by Gasteiger charge is -2.21. The van der Waals surface area contributed by atoms with Crippen molar-refractivity contribution in [2.24, 2.45) is 15.0 Å². The zero-order valence-corrected chi connectivity index (χ0v) is 42.3. The Hall–Kier alpha value is -9.91. The number of hydrogen-bond acceptors (Lipinski definition) is 11. The molecule has 366 valence electrons. The number of carbonyl (C=O) groups excluding carboxylic acids is 6. The Morgan fingerprint density at radius 2 is 0.649 bits per heavy atom. The van der Waals surface area contributed by atoms with Crippen molar-refractivity contribution < 1.29 is 28.8 Å². The van der Waals surface area contributed by atoms with Crippen molar-refractivity contribution >= 4 is 127 Å². The summed E-state index contributed by atoms with van der Waals surface area (Å²) in [5.41, 5.74) is 0.0628. The van der Waals surface area contributed by atoms with Crippen molar-refractivity contribution in [1.29, 1.82) is 0 Å². The van der Waals surface area contributed by atoms with E-state index in [-0.39, 0.29) is 139 Å². The number of fused-ring (bicyclic) bond motifs is 12. The molecule has 0 fully saturated rings. The van der Waals surface area contributed by atoms with E-state index < -0.39 is 39.8 Å². The van der Waals surface area contributed by atoms with Crippen LogP contribution in [-0.2, 0) is 0 Å². The summed E-state index contributed by atoms with van der Waals surface area (Å²) in [7, 11) is 0. The van der Waals surface area contributed by atoms with Gasteiger partial charge in [0.2, 0.25) is 16.9 Å². The summed E-state index contributed by atoms with van der Waals surface area (Å²) in [5, 5.41) is 0.666. The molecule has 11 aromatic rings. The van der Waals surface area contributed by atoms with E-state index in [4.69, 9.17) is 15.0 Å². The van der Waals surface area contributed by atoms with E-state index in [1.165, 1.54) is 48.5 Å². The number of benzene rings is 8. The molecule has 0 atom stereocenters. The van der Waals surface area contributed by atoms with Gasteiger partial charge in [0.05, 0.1) is 55.9 Å². The second-order valence-corrected chi connectivity index (χ2v) is 20.3. The number of pyridine rings is 2. The van der Waals surface area contributed by atoms with Crippen molar-refractivity contribution in [1.82, 2.24) is 24.9 Å². The second kappa shape index (κ2) is 16.8. The highest BCUT2D eigenvalue weighted by atomic mass is 79.9. The fourth-order valence-corrected chi connectivity index (χ4v) is 11.4. The van der Waals surface area contributed by atoms with Crippen LogP contribution < -0.4 is 27.7 Å². The zero-order valence-electron chi connectivity index (χ0n) is 39.1. The summed E-state index contributed by atoms with van der Waals surface area (Å²) in [6.45, 7) is 0. The third-order valence-electron chi connectivity index (χ3n) is 14.2. The van der Waals surface area contributed by atoms with E-state index in [0.717, 1.165) is 0 Å². The van der Waals surface area contributed by atoms with Crippen molar-refractivity contribution in [2.75, 3.05) is 0 Å². The number of carbonyl (C=O) groups is 6. The SMILES string of the molecule is O=C1c2ccccc2C(=O)c2c(N=c3[nH]c(=Nc4cc5c(=O)c6cc(Br)ccc6[nH]c5c5c4C(=O)c4ccccc4C5=O)[nH]c(=Nc4cc5c(=O)c6cc(Br)ccc6[nH]c5c5c4C(=O)c4ccccc4C5=O)[nH]3)cccc21. The minimum atomic E-state index is -0.555. The number of aromatic amines is 5. The molecule has 0 aliphatic heterocycles. The summed E-state index contributed by atoms with van der Waals surface area (Å²) in [5.74, 6) is -3.02. The van der Waals surface area contributed by atoms with Crippen LogP contribution in [0.3, 0.4) is 0 Å². The molecule has 0 saturated heterocycles. The summed E-state index contributed by atoms with van der Waals surface area (Å²) >= 11 is 6.90. The minimum absolute atomic E-state index is 0.0109. The zero-order chi connectivity index (χ0) is 52.7. The highest BCUT2D eigenvalue weighted by molar-refractivity contribution is 9.10. The van der Waals surface area contributed by atoms with Gasteiger partial charge in [-0.3, -0.25) is 53.3 Å². The maximum Gasteiger partial charge on any atom is 0.210 e. The van der Waals surface area contributed by atoms with E-state index in [0.29, 0.717) is 20.0 Å². The lowest BCUT2D eigenvalue weighted by atomic mass is 9.81. The maximum atomic E-state index is 14.8. The van der Waals surface area contributed by atoms with Crippen LogP contribution in [0.5, 0.6) is 0 Å². The Morgan fingerprint density at radius 1 is 0.299 bits per heavy atom. The average Bonchev–Trinajstić information content (AvgIpc) is 3.51. The first-order valence-electron chi connectivity index (χ1n) is 23.7. The van der Waals surface area contributed by atoms with Crippen LogP contribution in [0.4, 0.5) is 17.1 Å². The van der Waals surface area contributed by atoms with Gasteiger partial charge in [-0.15, -0.1) is 0 Å². The monoisotopic (exact) mass is 1130 g/mol. The minimum Gasteiger partial charge on any atom is -0.354 e. The molecule has 0 amide bonds. The van der Waals surface area contributed by atoms with Crippen LogP contribution in [0.15, 0.2) is 173 Å². The van der Waals surface area contributed by atoms with E-state index in [1.807, 2.05) is 0 Å². The van der Waals surface area contributed by atoms with Crippen LogP contribution in [0.2, 0.25) is 0 Å². The fourth-order valence-electron chi connectivity index (χ4n) is 10.7. The third kappa shape index (κ3) is 6.85. The van der Waals surface area contributed by atoms with E-state index in [9.17, 15) is 38.4 Å². The Kier molecular flexibility index (Phi) is 9.97. The van der Waals surface area contributed by atoms with Crippen molar-refractivity contribution in [2.45, 2.75) is 0 Å². The number of aromatic nitrogens is 5. The van der Waals surface area contributed by atoms with E-state index in [2.05, 4.69) is 56.8 Å². The summed E-state index contributed by atoms with van der Waals surface area (Å²) in [4.78, 5) is 146. The van der Waals surface area contributed by atoms with Gasteiger partial charge >= 0.3 is 0 Å². The molecular formula is C59H28Br2N8O8. The maximum absolute atomic E-state index is 14.8. The lowest BCUT2D eigenvalue weighted by Crippen LogP contribution is -2.37. The van der Waals surface area contributed by atoms with Gasteiger partial charge in [0.25, 0.3) is 0 Å². The molecule has 0 bridgehead atoms. The quantitative estimate of drug-likeness (QED) is 0.106. The van der Waals surface area contributed by atoms with Crippen LogP contribution in [0.1, 0.15) is 95.5 Å². The summed E-state index contributed by atoms with van der Waals surface area (Å²) < 4.78 is 1.25. The van der Waals surface area contributed by atoms with Gasteiger partial charge < -0.3 is 9.97 Å². The molecule has 14 rings (SSSR count). The normalized spacial score (nSPS) is 14.0. The highest BCUT2D eigenvalue weighted by Crippen LogP contribution is 2.40. The van der Waals surface area contributed by atoms with Gasteiger partial charge in [-0.1, -0.05) is 117 Å². The summed E-state index contributed by atoms with van der Waals surface area (Å²) in [6, 6.07) is 36.7. The number of nitrogens with one attached hydrogen (secondary N) is 5. The molecule has 0 spiro atoms. The Bertz CT molecular complexity index is 4850. The van der Waals surface area contributed by atoms with Crippen LogP contribution >= 0.6 is 31.9 Å². The van der Waals surface area contributed by atoms with Gasteiger partial charge in [-0.2, -0.15) is 0 Å². The lowest BCUT2D eigenvalue weighted by molar-refractivity contribution is 0.0979. The molecule has 16 nitrogen and oxygen atoms in total. The Labute approximate surface area is 445 Å². The number of ketones is 6. The molecule has 5 N–H and O–H groups in total. The molecule has 3 aromatic heterocycles. The molecule has 0 saturated carbocycles. The smallest absolute Gasteiger partial charge is 0.210 e. The predicted octanol–water partition coefficient (Wildman–Crippen LogP) is 9.21. The van der Waals surface area contributed by atoms with Crippen molar-refractivity contribution in [3.05, 3.63) is 253 Å². The fraction of sp³-hybridized carbons (Fsp3) is 0. The molecule has 8 aromatic carbocycles. The van der Waals surface area contributed by atoms with Gasteiger partial charge in [-0.05, 0) is 54.6 Å². The Morgan fingerprint density at radius 3 is 1.06 bits per heavy atom. The molecule has 0 unspecified atom stereocenters. The Balaban J connectivity index is 1.09. The first-order chi connectivity index (χ1) is 37.3. The summed E-state index contributed by atoms with van der Waals surface area (Å²) in [6.07, 6.45) is 0. The van der Waals surface area contributed by atoms with Crippen LogP contribution in [-0.4, -0.2) is 59.6 Å². The number of rotatable bonds is 3.